The van der Waals surface area contributed by atoms with Crippen molar-refractivity contribution in [3.05, 3.63) is 28.7 Å². The molecule has 0 aliphatic carbocycles. The van der Waals surface area contributed by atoms with Gasteiger partial charge >= 0.3 is 0 Å². The first kappa shape index (κ1) is 7.02. The molecule has 0 amide bonds. The minimum absolute atomic E-state index is 0.139. The van der Waals surface area contributed by atoms with Gasteiger partial charge in [0.1, 0.15) is 12.7 Å². The predicted octanol–water partition coefficient (Wildman–Crippen LogP) is -0.0200. The Morgan fingerprint density at radius 2 is 2.50 bits per heavy atom. The van der Waals surface area contributed by atoms with E-state index in [9.17, 15) is 4.79 Å². The van der Waals surface area contributed by atoms with Crippen LogP contribution < -0.4 is 5.56 Å². The van der Waals surface area contributed by atoms with Gasteiger partial charge in [-0.05, 0) is 6.42 Å². The van der Waals surface area contributed by atoms with Crippen molar-refractivity contribution in [3.63, 3.8) is 0 Å². The molecule has 0 fully saturated rings. The first-order valence-electron chi connectivity index (χ1n) is 3.73. The van der Waals surface area contributed by atoms with E-state index in [0.717, 1.165) is 12.1 Å². The van der Waals surface area contributed by atoms with E-state index in [1.54, 1.807) is 6.33 Å². The van der Waals surface area contributed by atoms with Gasteiger partial charge in [0.05, 0.1) is 5.69 Å². The van der Waals surface area contributed by atoms with E-state index in [4.69, 9.17) is 0 Å². The van der Waals surface area contributed by atoms with Gasteiger partial charge in [-0.3, -0.25) is 4.79 Å². The first-order chi connectivity index (χ1) is 5.83. The van der Waals surface area contributed by atoms with E-state index in [1.165, 1.54) is 10.8 Å². The molecule has 62 valence electrons. The Bertz CT molecular complexity index is 456. The highest BCUT2D eigenvalue weighted by atomic mass is 16.1. The third-order valence-corrected chi connectivity index (χ3v) is 1.75. The van der Waals surface area contributed by atoms with E-state index in [1.807, 2.05) is 6.92 Å². The number of imidazole rings is 1. The van der Waals surface area contributed by atoms with Gasteiger partial charge in [0.15, 0.2) is 5.52 Å². The van der Waals surface area contributed by atoms with Gasteiger partial charge < -0.3 is 4.98 Å². The molecule has 0 radical (unpaired) electrons. The standard InChI is InChI=1S/C7H8N4O/c1-2-5-6-7(12)8-3-10-11(6)4-9-5/h3-4H,2H2,1H3,(H,8,10,12). The smallest absolute Gasteiger partial charge is 0.277 e. The Morgan fingerprint density at radius 1 is 1.67 bits per heavy atom. The number of rotatable bonds is 1. The van der Waals surface area contributed by atoms with Crippen LogP contribution in [0.25, 0.3) is 5.52 Å². The Hall–Kier alpha value is -1.65. The second kappa shape index (κ2) is 2.44. The lowest BCUT2D eigenvalue weighted by Crippen LogP contribution is -2.11. The molecule has 12 heavy (non-hydrogen) atoms. The quantitative estimate of drug-likeness (QED) is 0.644. The highest BCUT2D eigenvalue weighted by Crippen LogP contribution is 2.01. The summed E-state index contributed by atoms with van der Waals surface area (Å²) in [6.45, 7) is 1.95. The molecule has 1 N–H and O–H groups in total. The predicted molar refractivity (Wildman–Crippen MR) is 43.0 cm³/mol. The lowest BCUT2D eigenvalue weighted by Gasteiger charge is -1.90. The van der Waals surface area contributed by atoms with E-state index in [-0.39, 0.29) is 5.56 Å². The maximum atomic E-state index is 11.3. The van der Waals surface area contributed by atoms with Crippen molar-refractivity contribution >= 4 is 5.52 Å². The highest BCUT2D eigenvalue weighted by molar-refractivity contribution is 5.48. The van der Waals surface area contributed by atoms with Gasteiger partial charge in [-0.15, -0.1) is 0 Å². The van der Waals surface area contributed by atoms with Crippen LogP contribution in [0.1, 0.15) is 12.6 Å². The zero-order valence-electron chi connectivity index (χ0n) is 6.61. The highest BCUT2D eigenvalue weighted by Gasteiger charge is 2.05. The largest absolute Gasteiger partial charge is 0.310 e. The molecule has 0 saturated carbocycles. The third kappa shape index (κ3) is 0.827. The molecule has 5 heteroatoms. The number of aryl methyl sites for hydroxylation is 1. The summed E-state index contributed by atoms with van der Waals surface area (Å²) < 4.78 is 1.48. The summed E-state index contributed by atoms with van der Waals surface area (Å²) in [5, 5.41) is 3.91. The number of nitrogens with one attached hydrogen (secondary N) is 1. The summed E-state index contributed by atoms with van der Waals surface area (Å²) in [5.74, 6) is 0. The number of nitrogens with zero attached hydrogens (tertiary/aromatic N) is 3. The maximum absolute atomic E-state index is 11.3. The second-order valence-corrected chi connectivity index (χ2v) is 2.46. The second-order valence-electron chi connectivity index (χ2n) is 2.46. The van der Waals surface area contributed by atoms with Crippen molar-refractivity contribution in [3.8, 4) is 0 Å². The van der Waals surface area contributed by atoms with Crippen LogP contribution >= 0.6 is 0 Å². The molecule has 2 aromatic rings. The molecule has 2 heterocycles. The van der Waals surface area contributed by atoms with Crippen LogP contribution in [-0.4, -0.2) is 19.6 Å². The Kier molecular flexibility index (Phi) is 1.43. The summed E-state index contributed by atoms with van der Waals surface area (Å²) in [7, 11) is 0. The molecule has 0 unspecified atom stereocenters. The summed E-state index contributed by atoms with van der Waals surface area (Å²) in [6, 6.07) is 0. The molecular weight excluding hydrogens is 156 g/mol. The lowest BCUT2D eigenvalue weighted by molar-refractivity contribution is 0.879. The summed E-state index contributed by atoms with van der Waals surface area (Å²) in [5.41, 5.74) is 1.18. The van der Waals surface area contributed by atoms with E-state index in [0.29, 0.717) is 5.52 Å². The zero-order chi connectivity index (χ0) is 8.55. The molecule has 2 aromatic heterocycles. The van der Waals surface area contributed by atoms with Crippen molar-refractivity contribution < 1.29 is 0 Å². The number of H-pyrrole nitrogens is 1. The number of hydrogen-bond donors (Lipinski definition) is 1. The molecule has 0 aliphatic rings. The Morgan fingerprint density at radius 3 is 3.25 bits per heavy atom. The van der Waals surface area contributed by atoms with Crippen LogP contribution in [-0.2, 0) is 6.42 Å². The molecule has 0 spiro atoms. The van der Waals surface area contributed by atoms with Crippen LogP contribution in [0.3, 0.4) is 0 Å². The van der Waals surface area contributed by atoms with Crippen LogP contribution in [0.15, 0.2) is 17.4 Å². The van der Waals surface area contributed by atoms with Crippen LogP contribution in [0.5, 0.6) is 0 Å². The Labute approximate surface area is 68.1 Å². The monoisotopic (exact) mass is 164 g/mol. The summed E-state index contributed by atoms with van der Waals surface area (Å²) in [6.07, 6.45) is 3.64. The van der Waals surface area contributed by atoms with Crippen LogP contribution in [0.4, 0.5) is 0 Å². The van der Waals surface area contributed by atoms with Gasteiger partial charge in [0.25, 0.3) is 5.56 Å². The fourth-order valence-corrected chi connectivity index (χ4v) is 1.17. The minimum atomic E-state index is -0.139. The number of aromatic amines is 1. The van der Waals surface area contributed by atoms with Crippen LogP contribution in [0, 0.1) is 0 Å². The summed E-state index contributed by atoms with van der Waals surface area (Å²) in [4.78, 5) is 17.8. The van der Waals surface area contributed by atoms with Gasteiger partial charge in [0.2, 0.25) is 0 Å². The Balaban J connectivity index is 2.92. The van der Waals surface area contributed by atoms with Gasteiger partial charge in [-0.2, -0.15) is 5.10 Å². The van der Waals surface area contributed by atoms with Crippen LogP contribution in [0.2, 0.25) is 0 Å². The van der Waals surface area contributed by atoms with Gasteiger partial charge in [-0.1, -0.05) is 6.92 Å². The fraction of sp³-hybridized carbons (Fsp3) is 0.286. The number of hydrogen-bond acceptors (Lipinski definition) is 3. The van der Waals surface area contributed by atoms with Crippen molar-refractivity contribution in [1.82, 2.24) is 19.6 Å². The average Bonchev–Trinajstić information content (AvgIpc) is 2.49. The minimum Gasteiger partial charge on any atom is -0.310 e. The molecule has 0 saturated heterocycles. The molecule has 0 bridgehead atoms. The molecule has 5 nitrogen and oxygen atoms in total. The molecule has 2 rings (SSSR count). The molecule has 0 aromatic carbocycles. The maximum Gasteiger partial charge on any atom is 0.277 e. The van der Waals surface area contributed by atoms with Crippen molar-refractivity contribution in [2.24, 2.45) is 0 Å². The third-order valence-electron chi connectivity index (χ3n) is 1.75. The molecule has 0 aliphatic heterocycles. The van der Waals surface area contributed by atoms with E-state index >= 15 is 0 Å². The fourth-order valence-electron chi connectivity index (χ4n) is 1.17. The molecule has 0 atom stereocenters. The number of fused-ring (bicyclic) bond motifs is 1. The van der Waals surface area contributed by atoms with Crippen molar-refractivity contribution in [1.29, 1.82) is 0 Å². The van der Waals surface area contributed by atoms with Crippen molar-refractivity contribution in [2.75, 3.05) is 0 Å². The van der Waals surface area contributed by atoms with Gasteiger partial charge in [0, 0.05) is 0 Å². The van der Waals surface area contributed by atoms with E-state index < -0.39 is 0 Å². The SMILES string of the molecule is CCc1ncn2nc[nH]c(=O)c12. The molecular formula is C7H8N4O. The van der Waals surface area contributed by atoms with E-state index in [2.05, 4.69) is 15.1 Å². The first-order valence-corrected chi connectivity index (χ1v) is 3.73. The zero-order valence-corrected chi connectivity index (χ0v) is 6.61. The summed E-state index contributed by atoms with van der Waals surface area (Å²) >= 11 is 0. The topological polar surface area (TPSA) is 63.1 Å². The number of aromatic nitrogens is 4. The van der Waals surface area contributed by atoms with Crippen molar-refractivity contribution in [2.45, 2.75) is 13.3 Å². The normalized spacial score (nSPS) is 10.8. The lowest BCUT2D eigenvalue weighted by atomic mass is 10.3. The average molecular weight is 164 g/mol. The van der Waals surface area contributed by atoms with Gasteiger partial charge in [-0.25, -0.2) is 9.50 Å².